The smallest absolute Gasteiger partial charge is 0.135 e. The van der Waals surface area contributed by atoms with Crippen LogP contribution in [0.3, 0.4) is 0 Å². The highest BCUT2D eigenvalue weighted by Crippen LogP contribution is 2.19. The number of methoxy groups -OCH3 is 1. The van der Waals surface area contributed by atoms with Gasteiger partial charge in [0.2, 0.25) is 0 Å². The molecule has 0 radical (unpaired) electrons. The van der Waals surface area contributed by atoms with Crippen molar-refractivity contribution in [3.05, 3.63) is 51.2 Å². The van der Waals surface area contributed by atoms with Gasteiger partial charge in [-0.25, -0.2) is 14.6 Å². The number of nitrogens with two attached hydrogens (primary N) is 1. The molecule has 0 saturated carbocycles. The van der Waals surface area contributed by atoms with E-state index in [1.54, 1.807) is 24.9 Å². The molecule has 0 bridgehead atoms. The molecule has 0 fully saturated rings. The quantitative estimate of drug-likeness (QED) is 0.573. The summed E-state index contributed by atoms with van der Waals surface area (Å²) in [5.41, 5.74) is 7.49. The van der Waals surface area contributed by atoms with Crippen molar-refractivity contribution >= 4 is 28.4 Å². The van der Waals surface area contributed by atoms with Crippen molar-refractivity contribution in [2.24, 2.45) is 0 Å². The second kappa shape index (κ2) is 7.64. The molecule has 0 amide bonds. The molecule has 1 aromatic carbocycles. The number of hydrogen-bond acceptors (Lipinski definition) is 7. The molecule has 0 aliphatic heterocycles. The van der Waals surface area contributed by atoms with Crippen molar-refractivity contribution in [2.45, 2.75) is 20.1 Å². The third kappa shape index (κ3) is 4.16. The predicted molar refractivity (Wildman–Crippen MR) is 100 cm³/mol. The van der Waals surface area contributed by atoms with Crippen LogP contribution in [-0.2, 0) is 13.2 Å². The lowest BCUT2D eigenvalue weighted by atomic mass is 10.3. The predicted octanol–water partition coefficient (Wildman–Crippen LogP) is 2.20. The molecule has 3 aromatic rings. The van der Waals surface area contributed by atoms with E-state index in [1.807, 2.05) is 24.3 Å². The number of rotatable bonds is 6. The summed E-state index contributed by atoms with van der Waals surface area (Å²) in [6.07, 6.45) is 1.71. The summed E-state index contributed by atoms with van der Waals surface area (Å²) in [5, 5.41) is 8.34. The zero-order chi connectivity index (χ0) is 17.8. The van der Waals surface area contributed by atoms with E-state index in [2.05, 4.69) is 42.9 Å². The van der Waals surface area contributed by atoms with Crippen LogP contribution in [-0.4, -0.2) is 32.1 Å². The molecule has 9 heteroatoms. The first-order valence-corrected chi connectivity index (χ1v) is 8.57. The van der Waals surface area contributed by atoms with Crippen LogP contribution in [0.15, 0.2) is 30.5 Å². The van der Waals surface area contributed by atoms with E-state index in [4.69, 9.17) is 15.2 Å². The van der Waals surface area contributed by atoms with Gasteiger partial charge in [0, 0.05) is 11.8 Å². The van der Waals surface area contributed by atoms with E-state index in [-0.39, 0.29) is 0 Å². The SMILES string of the molecule is COc1ccc(OCc2nnn(Cc3cnc(C)nc3N)c2I)cc1. The van der Waals surface area contributed by atoms with Crippen molar-refractivity contribution in [3.63, 3.8) is 0 Å². The molecule has 0 atom stereocenters. The molecule has 2 aromatic heterocycles. The largest absolute Gasteiger partial charge is 0.497 e. The van der Waals surface area contributed by atoms with Crippen molar-refractivity contribution in [2.75, 3.05) is 12.8 Å². The van der Waals surface area contributed by atoms with E-state index in [1.165, 1.54) is 0 Å². The lowest BCUT2D eigenvalue weighted by Gasteiger charge is -2.07. The van der Waals surface area contributed by atoms with Gasteiger partial charge in [-0.1, -0.05) is 5.21 Å². The van der Waals surface area contributed by atoms with Crippen LogP contribution < -0.4 is 15.2 Å². The van der Waals surface area contributed by atoms with Crippen LogP contribution in [0, 0.1) is 10.6 Å². The van der Waals surface area contributed by atoms with Crippen LogP contribution in [0.1, 0.15) is 17.1 Å². The first kappa shape index (κ1) is 17.4. The Morgan fingerprint density at radius 1 is 1.20 bits per heavy atom. The van der Waals surface area contributed by atoms with Gasteiger partial charge < -0.3 is 15.2 Å². The molecule has 3 rings (SSSR count). The highest BCUT2D eigenvalue weighted by Gasteiger charge is 2.13. The van der Waals surface area contributed by atoms with Gasteiger partial charge >= 0.3 is 0 Å². The third-order valence-corrected chi connectivity index (χ3v) is 4.69. The minimum Gasteiger partial charge on any atom is -0.497 e. The van der Waals surface area contributed by atoms with Gasteiger partial charge in [-0.15, -0.1) is 5.10 Å². The number of benzene rings is 1. The maximum absolute atomic E-state index is 5.93. The maximum Gasteiger partial charge on any atom is 0.135 e. The van der Waals surface area contributed by atoms with Crippen LogP contribution in [0.5, 0.6) is 11.5 Å². The van der Waals surface area contributed by atoms with Gasteiger partial charge in [-0.05, 0) is 53.8 Å². The fraction of sp³-hybridized carbons (Fsp3) is 0.250. The van der Waals surface area contributed by atoms with Crippen molar-refractivity contribution < 1.29 is 9.47 Å². The average Bonchev–Trinajstić information content (AvgIpc) is 2.96. The molecular formula is C16H17IN6O2. The van der Waals surface area contributed by atoms with Gasteiger partial charge in [0.1, 0.15) is 39.1 Å². The third-order valence-electron chi connectivity index (χ3n) is 3.51. The van der Waals surface area contributed by atoms with Gasteiger partial charge in [0.15, 0.2) is 0 Å². The highest BCUT2D eigenvalue weighted by molar-refractivity contribution is 14.1. The first-order chi connectivity index (χ1) is 12.1. The van der Waals surface area contributed by atoms with E-state index in [0.29, 0.717) is 24.8 Å². The Hall–Kier alpha value is -2.43. The molecule has 2 N–H and O–H groups in total. The van der Waals surface area contributed by atoms with Crippen molar-refractivity contribution in [3.8, 4) is 11.5 Å². The Labute approximate surface area is 158 Å². The minimum absolute atomic E-state index is 0.324. The van der Waals surface area contributed by atoms with Crippen LogP contribution in [0.2, 0.25) is 0 Å². The molecule has 130 valence electrons. The highest BCUT2D eigenvalue weighted by atomic mass is 127. The normalized spacial score (nSPS) is 10.7. The molecule has 25 heavy (non-hydrogen) atoms. The Bertz CT molecular complexity index is 866. The molecule has 0 spiro atoms. The van der Waals surface area contributed by atoms with E-state index in [9.17, 15) is 0 Å². The zero-order valence-corrected chi connectivity index (χ0v) is 16.0. The van der Waals surface area contributed by atoms with Crippen LogP contribution in [0.25, 0.3) is 0 Å². The molecule has 0 saturated heterocycles. The number of nitrogens with zero attached hydrogens (tertiary/aromatic N) is 5. The Balaban J connectivity index is 1.68. The topological polar surface area (TPSA) is 101 Å². The Morgan fingerprint density at radius 3 is 2.60 bits per heavy atom. The lowest BCUT2D eigenvalue weighted by Crippen LogP contribution is -2.09. The van der Waals surface area contributed by atoms with Crippen LogP contribution in [0.4, 0.5) is 5.82 Å². The molecule has 0 unspecified atom stereocenters. The summed E-state index contributed by atoms with van der Waals surface area (Å²) in [6, 6.07) is 7.38. The Morgan fingerprint density at radius 2 is 1.92 bits per heavy atom. The number of aryl methyl sites for hydroxylation is 1. The van der Waals surface area contributed by atoms with Gasteiger partial charge in [-0.2, -0.15) is 0 Å². The maximum atomic E-state index is 5.93. The molecule has 0 aliphatic carbocycles. The first-order valence-electron chi connectivity index (χ1n) is 7.49. The minimum atomic E-state index is 0.324. The van der Waals surface area contributed by atoms with Crippen molar-refractivity contribution in [1.29, 1.82) is 0 Å². The fourth-order valence-electron chi connectivity index (χ4n) is 2.15. The number of hydrogen-bond donors (Lipinski definition) is 1. The molecular weight excluding hydrogens is 435 g/mol. The van der Waals surface area contributed by atoms with E-state index in [0.717, 1.165) is 26.5 Å². The van der Waals surface area contributed by atoms with Gasteiger partial charge in [-0.3, -0.25) is 0 Å². The molecule has 0 aliphatic rings. The fourth-order valence-corrected chi connectivity index (χ4v) is 2.68. The Kier molecular flexibility index (Phi) is 5.31. The number of ether oxygens (including phenoxy) is 2. The summed E-state index contributed by atoms with van der Waals surface area (Å²) in [6.45, 7) is 2.58. The van der Waals surface area contributed by atoms with E-state index < -0.39 is 0 Å². The van der Waals surface area contributed by atoms with Crippen molar-refractivity contribution in [1.82, 2.24) is 25.0 Å². The average molecular weight is 452 g/mol. The summed E-state index contributed by atoms with van der Waals surface area (Å²) >= 11 is 2.19. The number of halogens is 1. The summed E-state index contributed by atoms with van der Waals surface area (Å²) < 4.78 is 13.5. The van der Waals surface area contributed by atoms with Gasteiger partial charge in [0.05, 0.1) is 13.7 Å². The zero-order valence-electron chi connectivity index (χ0n) is 13.8. The number of nitrogen functional groups attached to an aromatic ring is 1. The summed E-state index contributed by atoms with van der Waals surface area (Å²) in [7, 11) is 1.63. The number of aromatic nitrogens is 5. The van der Waals surface area contributed by atoms with Gasteiger partial charge in [0.25, 0.3) is 0 Å². The summed E-state index contributed by atoms with van der Waals surface area (Å²) in [5.74, 6) is 2.62. The molecule has 2 heterocycles. The second-order valence-corrected chi connectivity index (χ2v) is 6.30. The number of anilines is 1. The monoisotopic (exact) mass is 452 g/mol. The standard InChI is InChI=1S/C16H17IN6O2/c1-10-19-7-11(16(18)20-10)8-23-15(17)14(21-22-23)9-25-13-5-3-12(24-2)4-6-13/h3-7H,8-9H2,1-2H3,(H2,18,19,20). The molecule has 8 nitrogen and oxygen atoms in total. The van der Waals surface area contributed by atoms with E-state index >= 15 is 0 Å². The lowest BCUT2D eigenvalue weighted by molar-refractivity contribution is 0.299. The summed E-state index contributed by atoms with van der Waals surface area (Å²) in [4.78, 5) is 8.34. The second-order valence-electron chi connectivity index (χ2n) is 5.28. The van der Waals surface area contributed by atoms with Crippen LogP contribution >= 0.6 is 22.6 Å².